The summed E-state index contributed by atoms with van der Waals surface area (Å²) in [6.07, 6.45) is 8.47. The highest BCUT2D eigenvalue weighted by Crippen LogP contribution is 2.52. The Morgan fingerprint density at radius 3 is 2.23 bits per heavy atom. The van der Waals surface area contributed by atoms with Crippen molar-refractivity contribution in [1.29, 1.82) is 0 Å². The molecule has 1 saturated carbocycles. The third-order valence-corrected chi connectivity index (χ3v) is 7.97. The molecule has 7 nitrogen and oxygen atoms in total. The van der Waals surface area contributed by atoms with E-state index in [0.29, 0.717) is 15.9 Å². The highest BCUT2D eigenvalue weighted by atomic mass is 79.9. The summed E-state index contributed by atoms with van der Waals surface area (Å²) in [4.78, 5) is 41.2. The number of rotatable bonds is 7. The van der Waals surface area contributed by atoms with Gasteiger partial charge in [-0.25, -0.2) is 4.79 Å². The number of anilines is 1. The number of halogens is 3. The molecule has 1 atom stereocenters. The minimum atomic E-state index is -1.000. The summed E-state index contributed by atoms with van der Waals surface area (Å²) < 4.78 is 0.456. The molecule has 0 saturated heterocycles. The van der Waals surface area contributed by atoms with E-state index in [1.54, 1.807) is 24.3 Å². The Hall–Kier alpha value is -2.42. The van der Waals surface area contributed by atoms with Gasteiger partial charge < -0.3 is 15.7 Å². The number of aromatic nitrogens is 1. The van der Waals surface area contributed by atoms with Gasteiger partial charge in [0.25, 0.3) is 5.91 Å². The lowest BCUT2D eigenvalue weighted by atomic mass is 9.66. The average Bonchev–Trinajstić information content (AvgIpc) is 3.10. The van der Waals surface area contributed by atoms with Gasteiger partial charge in [0.15, 0.2) is 5.78 Å². The Labute approximate surface area is 221 Å². The summed E-state index contributed by atoms with van der Waals surface area (Å²) in [5.74, 6) is -1.40. The number of aliphatic carboxylic acids is 1. The number of carbonyl (C=O) groups is 3. The number of nitrogens with one attached hydrogen (secondary N) is 2. The van der Waals surface area contributed by atoms with Gasteiger partial charge in [-0.15, -0.1) is 0 Å². The van der Waals surface area contributed by atoms with Gasteiger partial charge in [-0.05, 0) is 46.5 Å². The van der Waals surface area contributed by atoms with E-state index in [-0.39, 0.29) is 27.8 Å². The fraction of sp³-hybridized carbons (Fsp3) is 0.360. The van der Waals surface area contributed by atoms with Crippen molar-refractivity contribution in [2.75, 3.05) is 5.32 Å². The maximum Gasteiger partial charge on any atom is 0.326 e. The van der Waals surface area contributed by atoms with Crippen molar-refractivity contribution < 1.29 is 19.5 Å². The maximum atomic E-state index is 12.7. The molecule has 1 amide bonds. The maximum absolute atomic E-state index is 12.7. The molecule has 184 valence electrons. The van der Waals surface area contributed by atoms with Crippen molar-refractivity contribution in [3.05, 3.63) is 68.0 Å². The van der Waals surface area contributed by atoms with E-state index in [0.717, 1.165) is 44.1 Å². The van der Waals surface area contributed by atoms with Gasteiger partial charge in [-0.2, -0.15) is 0 Å². The standard InChI is InChI=1S/C25H24BrCl2N3O4/c26-20-21(25(22(20)32)9-3-1-2-4-10-25)31-18(24(34)35)11-14-5-7-15(8-6-14)30-23(33)19-16(27)12-29-13-17(19)28/h5-8,12-13,18,31H,1-4,9-11H2,(H,30,33)(H,34,35). The van der Waals surface area contributed by atoms with Gasteiger partial charge in [0.1, 0.15) is 6.04 Å². The average molecular weight is 581 g/mol. The van der Waals surface area contributed by atoms with E-state index in [2.05, 4.69) is 31.5 Å². The molecule has 3 N–H and O–H groups in total. The normalized spacial score (nSPS) is 18.0. The molecule has 0 aliphatic heterocycles. The SMILES string of the molecule is O=C(Nc1ccc(CC(NC2=C(Br)C(=O)C23CCCCCC3)C(=O)O)cc1)c1c(Cl)cncc1Cl. The smallest absolute Gasteiger partial charge is 0.326 e. The highest BCUT2D eigenvalue weighted by Gasteiger charge is 2.53. The largest absolute Gasteiger partial charge is 0.480 e. The number of amides is 1. The zero-order valence-corrected chi connectivity index (χ0v) is 21.8. The zero-order valence-electron chi connectivity index (χ0n) is 18.7. The first kappa shape index (κ1) is 25.7. The van der Waals surface area contributed by atoms with Crippen LogP contribution in [0.25, 0.3) is 0 Å². The fourth-order valence-corrected chi connectivity index (χ4v) is 6.16. The molecule has 10 heteroatoms. The Morgan fingerprint density at radius 1 is 1.06 bits per heavy atom. The van der Waals surface area contributed by atoms with Crippen LogP contribution in [0.2, 0.25) is 10.0 Å². The van der Waals surface area contributed by atoms with Gasteiger partial charge in [0.2, 0.25) is 0 Å². The molecule has 2 aliphatic carbocycles. The van der Waals surface area contributed by atoms with Gasteiger partial charge in [0, 0.05) is 30.2 Å². The monoisotopic (exact) mass is 579 g/mol. The van der Waals surface area contributed by atoms with Gasteiger partial charge in [-0.3, -0.25) is 14.6 Å². The second kappa shape index (κ2) is 10.7. The molecule has 4 rings (SSSR count). The van der Waals surface area contributed by atoms with Crippen molar-refractivity contribution in [3.8, 4) is 0 Å². The summed E-state index contributed by atoms with van der Waals surface area (Å²) in [7, 11) is 0. The van der Waals surface area contributed by atoms with Crippen LogP contribution in [0.5, 0.6) is 0 Å². The Kier molecular flexibility index (Phi) is 7.83. The molecule has 1 unspecified atom stereocenters. The van der Waals surface area contributed by atoms with E-state index >= 15 is 0 Å². The summed E-state index contributed by atoms with van der Waals surface area (Å²) in [5.41, 5.74) is 1.53. The fourth-order valence-electron chi connectivity index (χ4n) is 4.75. The van der Waals surface area contributed by atoms with E-state index in [9.17, 15) is 19.5 Å². The Bertz CT molecular complexity index is 1170. The predicted molar refractivity (Wildman–Crippen MR) is 138 cm³/mol. The predicted octanol–water partition coefficient (Wildman–Crippen LogP) is 5.76. The van der Waals surface area contributed by atoms with E-state index in [1.807, 2.05) is 0 Å². The second-order valence-electron chi connectivity index (χ2n) is 8.88. The number of pyridine rings is 1. The van der Waals surface area contributed by atoms with Gasteiger partial charge in [-0.1, -0.05) is 61.0 Å². The number of hydrogen-bond acceptors (Lipinski definition) is 5. The zero-order chi connectivity index (χ0) is 25.2. The van der Waals surface area contributed by atoms with Crippen LogP contribution >= 0.6 is 39.1 Å². The number of ketones is 1. The molecule has 1 heterocycles. The van der Waals surface area contributed by atoms with Gasteiger partial charge in [0.05, 0.1) is 25.5 Å². The van der Waals surface area contributed by atoms with Crippen molar-refractivity contribution >= 4 is 62.5 Å². The summed E-state index contributed by atoms with van der Waals surface area (Å²) in [6.45, 7) is 0. The first-order valence-electron chi connectivity index (χ1n) is 11.4. The van der Waals surface area contributed by atoms with Gasteiger partial charge >= 0.3 is 5.97 Å². The molecule has 2 aromatic rings. The number of allylic oxidation sites excluding steroid dienone is 2. The van der Waals surface area contributed by atoms with Crippen LogP contribution in [0.1, 0.15) is 54.4 Å². The number of benzene rings is 1. The summed E-state index contributed by atoms with van der Waals surface area (Å²) in [6, 6.07) is 5.97. The van der Waals surface area contributed by atoms with Crippen LogP contribution in [0.3, 0.4) is 0 Å². The highest BCUT2D eigenvalue weighted by molar-refractivity contribution is 9.12. The first-order chi connectivity index (χ1) is 16.7. The molecule has 0 bridgehead atoms. The van der Waals surface area contributed by atoms with Crippen LogP contribution < -0.4 is 10.6 Å². The number of hydrogen-bond donors (Lipinski definition) is 3. The lowest BCUT2D eigenvalue weighted by Gasteiger charge is -2.43. The quantitative estimate of drug-likeness (QED) is 0.384. The molecule has 35 heavy (non-hydrogen) atoms. The molecule has 1 fully saturated rings. The number of carboxylic acid groups (broad SMARTS) is 1. The van der Waals surface area contributed by atoms with Crippen LogP contribution in [-0.2, 0) is 16.0 Å². The number of carboxylic acids is 1. The van der Waals surface area contributed by atoms with E-state index in [1.165, 1.54) is 12.4 Å². The van der Waals surface area contributed by atoms with Crippen LogP contribution in [0, 0.1) is 5.41 Å². The molecular weight excluding hydrogens is 557 g/mol. The van der Waals surface area contributed by atoms with Crippen LogP contribution in [0.15, 0.2) is 46.8 Å². The Balaban J connectivity index is 1.45. The second-order valence-corrected chi connectivity index (χ2v) is 10.5. The number of carbonyl (C=O) groups excluding carboxylic acids is 2. The van der Waals surface area contributed by atoms with Crippen LogP contribution in [0.4, 0.5) is 5.69 Å². The Morgan fingerprint density at radius 2 is 1.66 bits per heavy atom. The van der Waals surface area contributed by atoms with E-state index in [4.69, 9.17) is 23.2 Å². The topological polar surface area (TPSA) is 108 Å². The van der Waals surface area contributed by atoms with Crippen LogP contribution in [-0.4, -0.2) is 33.8 Å². The summed E-state index contributed by atoms with van der Waals surface area (Å²) >= 11 is 15.5. The third kappa shape index (κ3) is 5.25. The lowest BCUT2D eigenvalue weighted by Crippen LogP contribution is -2.52. The molecule has 1 aromatic heterocycles. The molecule has 1 aromatic carbocycles. The number of nitrogens with zero attached hydrogens (tertiary/aromatic N) is 1. The molecule has 0 radical (unpaired) electrons. The van der Waals surface area contributed by atoms with Crippen molar-refractivity contribution in [2.45, 2.75) is 51.0 Å². The summed E-state index contributed by atoms with van der Waals surface area (Å²) in [5, 5.41) is 16.0. The van der Waals surface area contributed by atoms with Crippen molar-refractivity contribution in [3.63, 3.8) is 0 Å². The van der Waals surface area contributed by atoms with Crippen molar-refractivity contribution in [2.24, 2.45) is 5.41 Å². The first-order valence-corrected chi connectivity index (χ1v) is 12.9. The lowest BCUT2D eigenvalue weighted by molar-refractivity contribution is -0.140. The molecular formula is C25H24BrCl2N3O4. The minimum Gasteiger partial charge on any atom is -0.480 e. The number of Topliss-reactive ketones (excluding diaryl/α,β-unsaturated/α-hetero) is 1. The van der Waals surface area contributed by atoms with E-state index < -0.39 is 23.3 Å². The molecule has 1 spiro atoms. The third-order valence-electron chi connectivity index (χ3n) is 6.64. The molecule has 2 aliphatic rings. The minimum absolute atomic E-state index is 0.0699. The van der Waals surface area contributed by atoms with Crippen molar-refractivity contribution in [1.82, 2.24) is 10.3 Å².